The fraction of sp³-hybridized carbons (Fsp3) is 0.381. The van der Waals surface area contributed by atoms with Crippen molar-refractivity contribution in [3.05, 3.63) is 53.3 Å². The smallest absolute Gasteiger partial charge is 0.248 e. The molecule has 1 amide bonds. The summed E-state index contributed by atoms with van der Waals surface area (Å²) in [4.78, 5) is 28.2. The first kappa shape index (κ1) is 19.8. The van der Waals surface area contributed by atoms with Crippen molar-refractivity contribution in [1.82, 2.24) is 14.9 Å². The van der Waals surface area contributed by atoms with Crippen LogP contribution in [-0.2, 0) is 16.1 Å². The van der Waals surface area contributed by atoms with Crippen LogP contribution in [0.15, 0.2) is 41.5 Å². The van der Waals surface area contributed by atoms with Crippen LogP contribution in [0.4, 0.5) is 5.82 Å². The first-order valence-electron chi connectivity index (χ1n) is 9.89. The number of ether oxygens (including phenoxy) is 1. The normalized spacial score (nSPS) is 20.8. The second kappa shape index (κ2) is 8.88. The van der Waals surface area contributed by atoms with Crippen LogP contribution >= 0.6 is 0 Å². The first-order valence-corrected chi connectivity index (χ1v) is 9.89. The summed E-state index contributed by atoms with van der Waals surface area (Å²) >= 11 is 0. The van der Waals surface area contributed by atoms with Gasteiger partial charge in [-0.2, -0.15) is 5.26 Å². The molecule has 2 aliphatic heterocycles. The quantitative estimate of drug-likeness (QED) is 0.552. The third-order valence-electron chi connectivity index (χ3n) is 5.50. The lowest BCUT2D eigenvalue weighted by molar-refractivity contribution is -0.137. The second-order valence-electron chi connectivity index (χ2n) is 7.42. The van der Waals surface area contributed by atoms with Gasteiger partial charge in [-0.1, -0.05) is 6.07 Å². The molecule has 2 fully saturated rings. The number of anilines is 1. The number of rotatable bonds is 6. The van der Waals surface area contributed by atoms with Crippen LogP contribution in [0.3, 0.4) is 0 Å². The Kier molecular flexibility index (Phi) is 5.86. The Balaban J connectivity index is 1.32. The molecule has 0 aromatic carbocycles. The number of nitrogens with one attached hydrogen (secondary N) is 2. The van der Waals surface area contributed by atoms with Crippen LogP contribution in [0.1, 0.15) is 24.1 Å². The lowest BCUT2D eigenvalue weighted by Gasteiger charge is -2.41. The third-order valence-corrected chi connectivity index (χ3v) is 5.50. The van der Waals surface area contributed by atoms with E-state index in [2.05, 4.69) is 25.9 Å². The van der Waals surface area contributed by atoms with Crippen LogP contribution in [0.25, 0.3) is 0 Å². The molecule has 2 saturated heterocycles. The number of fused-ring (bicyclic) bond motifs is 2. The van der Waals surface area contributed by atoms with Gasteiger partial charge >= 0.3 is 0 Å². The number of hydrogen-bond acceptors (Lipinski definition) is 6. The number of nitrogens with zero attached hydrogens (tertiary/aromatic N) is 5. The highest BCUT2D eigenvalue weighted by atomic mass is 16.5. The number of H-pyrrole nitrogens is 1. The largest absolute Gasteiger partial charge is 0.365 e. The van der Waals surface area contributed by atoms with E-state index >= 15 is 0 Å². The monoisotopic (exact) mass is 405 g/mol. The van der Waals surface area contributed by atoms with Gasteiger partial charge < -0.3 is 19.5 Å². The first-order chi connectivity index (χ1) is 14.7. The molecule has 4 heterocycles. The third kappa shape index (κ3) is 4.23. The SMILES string of the molecule is N#Cc1ccc(N2C3CCC2CN(C(=O)COCc2ccc/c(=N/C=N)[nH]2)C3)nc1. The molecule has 9 heteroatoms. The van der Waals surface area contributed by atoms with Crippen molar-refractivity contribution >= 4 is 18.1 Å². The highest BCUT2D eigenvalue weighted by Crippen LogP contribution is 2.33. The summed E-state index contributed by atoms with van der Waals surface area (Å²) < 4.78 is 5.62. The molecule has 2 aromatic heterocycles. The molecule has 2 atom stereocenters. The van der Waals surface area contributed by atoms with Crippen LogP contribution in [0.2, 0.25) is 0 Å². The van der Waals surface area contributed by atoms with Gasteiger partial charge in [0.15, 0.2) is 0 Å². The number of aromatic nitrogens is 2. The summed E-state index contributed by atoms with van der Waals surface area (Å²) in [5.74, 6) is 0.857. The molecule has 2 bridgehead atoms. The van der Waals surface area contributed by atoms with E-state index in [-0.39, 0.29) is 31.2 Å². The Morgan fingerprint density at radius 3 is 2.80 bits per heavy atom. The summed E-state index contributed by atoms with van der Waals surface area (Å²) in [7, 11) is 0. The molecule has 0 radical (unpaired) electrons. The van der Waals surface area contributed by atoms with Gasteiger partial charge in [0.2, 0.25) is 5.91 Å². The zero-order valence-corrected chi connectivity index (χ0v) is 16.5. The minimum absolute atomic E-state index is 0.0142. The average Bonchev–Trinajstić information content (AvgIpc) is 3.03. The molecule has 2 N–H and O–H groups in total. The molecule has 30 heavy (non-hydrogen) atoms. The van der Waals surface area contributed by atoms with E-state index in [9.17, 15) is 4.79 Å². The van der Waals surface area contributed by atoms with Gasteiger partial charge in [-0.15, -0.1) is 0 Å². The van der Waals surface area contributed by atoms with Crippen molar-refractivity contribution in [3.8, 4) is 6.07 Å². The lowest BCUT2D eigenvalue weighted by atomic mass is 10.1. The van der Waals surface area contributed by atoms with Crippen molar-refractivity contribution in [2.45, 2.75) is 31.5 Å². The van der Waals surface area contributed by atoms with E-state index in [4.69, 9.17) is 15.4 Å². The predicted octanol–water partition coefficient (Wildman–Crippen LogP) is 1.19. The van der Waals surface area contributed by atoms with Crippen molar-refractivity contribution < 1.29 is 9.53 Å². The van der Waals surface area contributed by atoms with Gasteiger partial charge in [-0.05, 0) is 37.1 Å². The van der Waals surface area contributed by atoms with Gasteiger partial charge in [0.25, 0.3) is 0 Å². The van der Waals surface area contributed by atoms with Gasteiger partial charge in [-0.3, -0.25) is 10.2 Å². The number of aromatic amines is 1. The zero-order valence-electron chi connectivity index (χ0n) is 16.5. The number of nitriles is 1. The highest BCUT2D eigenvalue weighted by molar-refractivity contribution is 5.78. The summed E-state index contributed by atoms with van der Waals surface area (Å²) in [6.07, 6.45) is 4.62. The van der Waals surface area contributed by atoms with E-state index in [1.165, 1.54) is 0 Å². The number of amides is 1. The average molecular weight is 405 g/mol. The number of carbonyl (C=O) groups excluding carboxylic acids is 1. The zero-order chi connectivity index (χ0) is 20.9. The molecule has 2 aliphatic rings. The van der Waals surface area contributed by atoms with Crippen LogP contribution in [0, 0.1) is 16.7 Å². The topological polar surface area (TPSA) is 121 Å². The minimum atomic E-state index is -0.0142. The number of piperazine rings is 1. The second-order valence-corrected chi connectivity index (χ2v) is 7.42. The van der Waals surface area contributed by atoms with Crippen LogP contribution < -0.4 is 10.4 Å². The number of hydrogen-bond donors (Lipinski definition) is 2. The molecule has 154 valence electrons. The van der Waals surface area contributed by atoms with Gasteiger partial charge in [0.1, 0.15) is 30.3 Å². The molecule has 2 unspecified atom stereocenters. The molecule has 4 rings (SSSR count). The molecule has 0 saturated carbocycles. The number of pyridine rings is 2. The number of likely N-dealkylation sites (tertiary alicyclic amines) is 1. The van der Waals surface area contributed by atoms with Gasteiger partial charge in [0.05, 0.1) is 12.2 Å². The van der Waals surface area contributed by atoms with Crippen molar-refractivity contribution in [3.63, 3.8) is 0 Å². The molecule has 2 aromatic rings. The van der Waals surface area contributed by atoms with Gasteiger partial charge in [-0.25, -0.2) is 9.98 Å². The summed E-state index contributed by atoms with van der Waals surface area (Å²) in [6.45, 7) is 1.60. The van der Waals surface area contributed by atoms with Crippen molar-refractivity contribution in [2.24, 2.45) is 4.99 Å². The lowest BCUT2D eigenvalue weighted by Crippen LogP contribution is -2.56. The van der Waals surface area contributed by atoms with Crippen LogP contribution in [-0.4, -0.2) is 58.9 Å². The fourth-order valence-electron chi connectivity index (χ4n) is 4.16. The van der Waals surface area contributed by atoms with Crippen molar-refractivity contribution in [2.75, 3.05) is 24.6 Å². The Labute approximate surface area is 174 Å². The predicted molar refractivity (Wildman–Crippen MR) is 110 cm³/mol. The summed E-state index contributed by atoms with van der Waals surface area (Å²) in [6, 6.07) is 11.7. The van der Waals surface area contributed by atoms with E-state index in [1.54, 1.807) is 18.3 Å². The Morgan fingerprint density at radius 1 is 1.33 bits per heavy atom. The Bertz CT molecular complexity index is 1010. The molecule has 0 aliphatic carbocycles. The molecule has 0 spiro atoms. The maximum absolute atomic E-state index is 12.7. The number of carbonyl (C=O) groups is 1. The van der Waals surface area contributed by atoms with Crippen molar-refractivity contribution in [1.29, 1.82) is 10.7 Å². The highest BCUT2D eigenvalue weighted by Gasteiger charge is 2.41. The maximum atomic E-state index is 12.7. The molecular weight excluding hydrogens is 382 g/mol. The van der Waals surface area contributed by atoms with E-state index in [0.29, 0.717) is 24.1 Å². The van der Waals surface area contributed by atoms with E-state index < -0.39 is 0 Å². The maximum Gasteiger partial charge on any atom is 0.248 e. The fourth-order valence-corrected chi connectivity index (χ4v) is 4.16. The Morgan fingerprint density at radius 2 is 2.13 bits per heavy atom. The molecule has 9 nitrogen and oxygen atoms in total. The molecular formula is C21H23N7O2. The summed E-state index contributed by atoms with van der Waals surface area (Å²) in [5.41, 5.74) is 1.91. The minimum Gasteiger partial charge on any atom is -0.365 e. The van der Waals surface area contributed by atoms with E-state index in [1.807, 2.05) is 23.1 Å². The standard InChI is InChI=1S/C21H23N7O2/c22-8-15-4-7-20(24-9-15)28-17-5-6-18(28)11-27(10-17)21(29)13-30-12-16-2-1-3-19(26-16)25-14-23/h1-4,7,9,14,17-18H,5-6,10-13H2,(H2,23,25,26). The van der Waals surface area contributed by atoms with E-state index in [0.717, 1.165) is 30.7 Å². The van der Waals surface area contributed by atoms with Crippen LogP contribution in [0.5, 0.6) is 0 Å². The summed E-state index contributed by atoms with van der Waals surface area (Å²) in [5, 5.41) is 16.0. The Hall–Kier alpha value is -3.51. The van der Waals surface area contributed by atoms with Gasteiger partial charge in [0, 0.05) is 37.1 Å².